The van der Waals surface area contributed by atoms with E-state index in [9.17, 15) is 9.18 Å². The van der Waals surface area contributed by atoms with Crippen LogP contribution in [0.2, 0.25) is 0 Å². The summed E-state index contributed by atoms with van der Waals surface area (Å²) >= 11 is 0. The fourth-order valence-corrected chi connectivity index (χ4v) is 3.14. The number of ether oxygens (including phenoxy) is 1. The van der Waals surface area contributed by atoms with Crippen LogP contribution in [-0.4, -0.2) is 42.7 Å². The minimum atomic E-state index is -0.925. The molecule has 5 heteroatoms. The van der Waals surface area contributed by atoms with Gasteiger partial charge in [-0.05, 0) is 43.5 Å². The number of rotatable bonds is 3. The van der Waals surface area contributed by atoms with Gasteiger partial charge in [0.15, 0.2) is 0 Å². The maximum Gasteiger partial charge on any atom is 0.338 e. The van der Waals surface area contributed by atoms with Crippen molar-refractivity contribution in [2.45, 2.75) is 38.6 Å². The molecule has 0 aliphatic carbocycles. The molecule has 1 aromatic rings. The summed E-state index contributed by atoms with van der Waals surface area (Å²) in [7, 11) is 0. The highest BCUT2D eigenvalue weighted by Gasteiger charge is 2.27. The van der Waals surface area contributed by atoms with E-state index in [0.717, 1.165) is 30.6 Å². The highest BCUT2D eigenvalue weighted by molar-refractivity contribution is 5.93. The molecule has 0 aromatic heterocycles. The number of hydrogen-bond donors (Lipinski definition) is 1. The molecule has 0 saturated carbocycles. The Morgan fingerprint density at radius 3 is 3.05 bits per heavy atom. The Balaban J connectivity index is 1.65. The Bertz CT molecular complexity index is 561. The molecule has 2 heterocycles. The van der Waals surface area contributed by atoms with Gasteiger partial charge >= 0.3 is 5.97 Å². The van der Waals surface area contributed by atoms with Crippen molar-refractivity contribution in [1.29, 1.82) is 0 Å². The van der Waals surface area contributed by atoms with Gasteiger partial charge < -0.3 is 10.5 Å². The molecule has 2 aliphatic heterocycles. The molecular formula is C16H21FN2O2. The van der Waals surface area contributed by atoms with Crippen LogP contribution in [0.1, 0.15) is 33.5 Å². The molecule has 1 aromatic carbocycles. The summed E-state index contributed by atoms with van der Waals surface area (Å²) in [5.41, 5.74) is 9.72. The van der Waals surface area contributed by atoms with Crippen LogP contribution in [0.25, 0.3) is 0 Å². The van der Waals surface area contributed by atoms with Gasteiger partial charge in [-0.15, -0.1) is 0 Å². The largest absolute Gasteiger partial charge is 0.457 e. The molecule has 0 amide bonds. The van der Waals surface area contributed by atoms with Gasteiger partial charge in [-0.3, -0.25) is 4.90 Å². The Labute approximate surface area is 124 Å². The van der Waals surface area contributed by atoms with Gasteiger partial charge in [0.1, 0.15) is 12.8 Å². The first-order chi connectivity index (χ1) is 10.1. The Hall–Kier alpha value is -1.46. The van der Waals surface area contributed by atoms with Crippen LogP contribution in [0, 0.1) is 6.92 Å². The van der Waals surface area contributed by atoms with Crippen LogP contribution in [-0.2, 0) is 17.8 Å². The predicted octanol–water partition coefficient (Wildman–Crippen LogP) is 1.58. The lowest BCUT2D eigenvalue weighted by molar-refractivity contribution is 0.0535. The van der Waals surface area contributed by atoms with Crippen molar-refractivity contribution in [3.63, 3.8) is 0 Å². The summed E-state index contributed by atoms with van der Waals surface area (Å²) in [5.74, 6) is -0.232. The van der Waals surface area contributed by atoms with Crippen LogP contribution < -0.4 is 5.73 Å². The van der Waals surface area contributed by atoms with Gasteiger partial charge in [-0.2, -0.15) is 0 Å². The summed E-state index contributed by atoms with van der Waals surface area (Å²) in [5, 5.41) is 0. The molecular weight excluding hydrogens is 271 g/mol. The van der Waals surface area contributed by atoms with Crippen LogP contribution in [0.15, 0.2) is 12.1 Å². The number of benzene rings is 1. The number of fused-ring (bicyclic) bond motifs is 1. The molecule has 4 nitrogen and oxygen atoms in total. The fourth-order valence-electron chi connectivity index (χ4n) is 3.14. The molecule has 1 fully saturated rings. The lowest BCUT2D eigenvalue weighted by Crippen LogP contribution is -2.48. The number of alkyl halides is 1. The van der Waals surface area contributed by atoms with Crippen LogP contribution in [0.5, 0.6) is 0 Å². The second-order valence-corrected chi connectivity index (χ2v) is 5.97. The summed E-state index contributed by atoms with van der Waals surface area (Å²) in [6.07, 6.45) is 0.646. The van der Waals surface area contributed by atoms with Crippen molar-refractivity contribution >= 4 is 5.97 Å². The maximum absolute atomic E-state index is 13.6. The topological polar surface area (TPSA) is 55.6 Å². The molecule has 2 atom stereocenters. The van der Waals surface area contributed by atoms with E-state index < -0.39 is 6.17 Å². The normalized spacial score (nSPS) is 25.8. The van der Waals surface area contributed by atoms with Crippen molar-refractivity contribution in [1.82, 2.24) is 4.90 Å². The van der Waals surface area contributed by atoms with Gasteiger partial charge in [0.2, 0.25) is 0 Å². The lowest BCUT2D eigenvalue weighted by Gasteiger charge is -2.32. The quantitative estimate of drug-likeness (QED) is 0.859. The van der Waals surface area contributed by atoms with E-state index in [1.54, 1.807) is 0 Å². The predicted molar refractivity (Wildman–Crippen MR) is 77.9 cm³/mol. The smallest absolute Gasteiger partial charge is 0.338 e. The number of piperidine rings is 1. The first-order valence-corrected chi connectivity index (χ1v) is 7.46. The van der Waals surface area contributed by atoms with Gasteiger partial charge in [-0.1, -0.05) is 6.07 Å². The Morgan fingerprint density at radius 1 is 1.48 bits per heavy atom. The van der Waals surface area contributed by atoms with Crippen molar-refractivity contribution in [2.24, 2.45) is 5.73 Å². The zero-order valence-electron chi connectivity index (χ0n) is 12.3. The average molecular weight is 292 g/mol. The summed E-state index contributed by atoms with van der Waals surface area (Å²) < 4.78 is 18.7. The first-order valence-electron chi connectivity index (χ1n) is 7.46. The summed E-state index contributed by atoms with van der Waals surface area (Å²) in [6, 6.07) is 3.52. The number of likely N-dealkylation sites (tertiary alicyclic amines) is 1. The van der Waals surface area contributed by atoms with E-state index in [-0.39, 0.29) is 12.0 Å². The van der Waals surface area contributed by atoms with Gasteiger partial charge in [0.05, 0.1) is 5.56 Å². The number of nitrogens with two attached hydrogens (primary N) is 1. The van der Waals surface area contributed by atoms with Gasteiger partial charge in [0.25, 0.3) is 0 Å². The number of nitrogens with zero attached hydrogens (tertiary/aromatic N) is 1. The second-order valence-electron chi connectivity index (χ2n) is 5.97. The van der Waals surface area contributed by atoms with E-state index in [1.807, 2.05) is 19.1 Å². The molecule has 2 aliphatic rings. The van der Waals surface area contributed by atoms with E-state index in [1.165, 1.54) is 5.56 Å². The highest BCUT2D eigenvalue weighted by Crippen LogP contribution is 2.26. The molecule has 0 radical (unpaired) electrons. The third-order valence-corrected chi connectivity index (χ3v) is 4.65. The highest BCUT2D eigenvalue weighted by atomic mass is 19.1. The first kappa shape index (κ1) is 14.5. The van der Waals surface area contributed by atoms with Gasteiger partial charge in [0, 0.05) is 24.7 Å². The molecule has 1 saturated heterocycles. The van der Waals surface area contributed by atoms with Crippen molar-refractivity contribution in [2.75, 3.05) is 19.6 Å². The summed E-state index contributed by atoms with van der Waals surface area (Å²) in [4.78, 5) is 13.6. The Kier molecular flexibility index (Phi) is 3.95. The molecule has 2 unspecified atom stereocenters. The molecule has 0 spiro atoms. The fraction of sp³-hybridized carbons (Fsp3) is 0.562. The summed E-state index contributed by atoms with van der Waals surface area (Å²) in [6.45, 7) is 4.50. The zero-order valence-corrected chi connectivity index (χ0v) is 12.3. The van der Waals surface area contributed by atoms with Crippen LogP contribution in [0.3, 0.4) is 0 Å². The Morgan fingerprint density at radius 2 is 2.29 bits per heavy atom. The van der Waals surface area contributed by atoms with E-state index >= 15 is 0 Å². The van der Waals surface area contributed by atoms with Crippen molar-refractivity contribution in [3.8, 4) is 0 Å². The monoisotopic (exact) mass is 292 g/mol. The minimum Gasteiger partial charge on any atom is -0.457 e. The standard InChI is InChI=1S/C16H21FN2O2/c1-10-11(2-3-12-13(10)9-21-16(12)20)4-6-19-7-5-15(18)14(17)8-19/h2-3,14-15H,4-9,18H2,1H3. The number of esters is 1. The number of carbonyl (C=O) groups excluding carboxylic acids is 1. The van der Waals surface area contributed by atoms with Crippen molar-refractivity contribution < 1.29 is 13.9 Å². The van der Waals surface area contributed by atoms with Crippen LogP contribution in [0.4, 0.5) is 4.39 Å². The van der Waals surface area contributed by atoms with Crippen LogP contribution >= 0.6 is 0 Å². The molecule has 21 heavy (non-hydrogen) atoms. The van der Waals surface area contributed by atoms with E-state index in [2.05, 4.69) is 4.90 Å². The minimum absolute atomic E-state index is 0.232. The molecule has 0 bridgehead atoms. The molecule has 3 rings (SSSR count). The van der Waals surface area contributed by atoms with Gasteiger partial charge in [-0.25, -0.2) is 9.18 Å². The average Bonchev–Trinajstić information content (AvgIpc) is 2.84. The number of carbonyl (C=O) groups is 1. The lowest BCUT2D eigenvalue weighted by atomic mass is 9.96. The second kappa shape index (κ2) is 5.73. The maximum atomic E-state index is 13.6. The number of hydrogen-bond acceptors (Lipinski definition) is 4. The van der Waals surface area contributed by atoms with Crippen molar-refractivity contribution in [3.05, 3.63) is 34.4 Å². The number of cyclic esters (lactones) is 1. The molecule has 114 valence electrons. The number of halogens is 1. The van der Waals surface area contributed by atoms with E-state index in [4.69, 9.17) is 10.5 Å². The third kappa shape index (κ3) is 2.80. The molecule has 2 N–H and O–H groups in total. The SMILES string of the molecule is Cc1c(CCN2CCC(N)C(F)C2)ccc2c1COC2=O. The van der Waals surface area contributed by atoms with E-state index in [0.29, 0.717) is 25.1 Å². The third-order valence-electron chi connectivity index (χ3n) is 4.65. The zero-order chi connectivity index (χ0) is 15.0.